The Balaban J connectivity index is 1.02. The van der Waals surface area contributed by atoms with Gasteiger partial charge in [0, 0.05) is 32.3 Å². The number of nitrogens with one attached hydrogen (secondary N) is 1. The largest absolute Gasteiger partial charge is 0.454 e. The fourth-order valence-electron chi connectivity index (χ4n) is 9.20. The van der Waals surface area contributed by atoms with Crippen LogP contribution in [0.3, 0.4) is 0 Å². The summed E-state index contributed by atoms with van der Waals surface area (Å²) >= 11 is 0. The van der Waals surface area contributed by atoms with E-state index >= 15 is 0 Å². The van der Waals surface area contributed by atoms with Crippen LogP contribution in [0, 0.1) is 0 Å². The van der Waals surface area contributed by atoms with Gasteiger partial charge in [0.05, 0.1) is 27.8 Å². The van der Waals surface area contributed by atoms with E-state index in [1.165, 1.54) is 44.2 Å². The first kappa shape index (κ1) is 34.1. The topological polar surface area (TPSA) is 42.5 Å². The second-order valence-electron chi connectivity index (χ2n) is 15.5. The number of aromatic nitrogens is 1. The van der Waals surface area contributed by atoms with E-state index in [2.05, 4.69) is 222 Å². The Morgan fingerprint density at radius 1 is 0.433 bits per heavy atom. The lowest BCUT2D eigenvalue weighted by Crippen LogP contribution is -2.39. The van der Waals surface area contributed by atoms with Gasteiger partial charge < -0.3 is 14.3 Å². The van der Waals surface area contributed by atoms with E-state index in [-0.39, 0.29) is 6.17 Å². The van der Waals surface area contributed by atoms with Crippen LogP contribution in [0.5, 0.6) is 0 Å². The van der Waals surface area contributed by atoms with Crippen molar-refractivity contribution in [2.75, 3.05) is 0 Å². The molecular formula is C56H37N3O. The second kappa shape index (κ2) is 13.9. The molecule has 0 bridgehead atoms. The molecule has 9 aromatic carbocycles. The molecule has 0 fully saturated rings. The zero-order chi connectivity index (χ0) is 39.6. The van der Waals surface area contributed by atoms with Crippen molar-refractivity contribution in [1.82, 2.24) is 9.88 Å². The van der Waals surface area contributed by atoms with Gasteiger partial charge in [-0.1, -0.05) is 170 Å². The summed E-state index contributed by atoms with van der Waals surface area (Å²) in [6, 6.07) is 75.6. The van der Waals surface area contributed by atoms with Crippen molar-refractivity contribution in [2.45, 2.75) is 6.17 Å². The fourth-order valence-corrected chi connectivity index (χ4v) is 9.20. The number of benzene rings is 9. The minimum absolute atomic E-state index is 0.335. The Morgan fingerprint density at radius 2 is 0.967 bits per heavy atom. The molecule has 0 aliphatic carbocycles. The number of furan rings is 1. The lowest BCUT2D eigenvalue weighted by Gasteiger charge is -2.23. The van der Waals surface area contributed by atoms with Gasteiger partial charge in [-0.2, -0.15) is 0 Å². The van der Waals surface area contributed by atoms with Crippen molar-refractivity contribution in [2.24, 2.45) is 4.99 Å². The van der Waals surface area contributed by atoms with Gasteiger partial charge in [0.2, 0.25) is 0 Å². The lowest BCUT2D eigenvalue weighted by molar-refractivity contribution is 0.636. The highest BCUT2D eigenvalue weighted by Gasteiger charge is 2.24. The molecule has 3 heterocycles. The lowest BCUT2D eigenvalue weighted by atomic mass is 9.99. The molecular weight excluding hydrogens is 731 g/mol. The third kappa shape index (κ3) is 5.57. The normalized spacial score (nSPS) is 13.7. The van der Waals surface area contributed by atoms with Gasteiger partial charge in [-0.15, -0.1) is 0 Å². The molecule has 1 unspecified atom stereocenters. The summed E-state index contributed by atoms with van der Waals surface area (Å²) in [6.07, 6.45) is -0.335. The molecule has 1 atom stereocenters. The predicted molar refractivity (Wildman–Crippen MR) is 246 cm³/mol. The first-order valence-corrected chi connectivity index (χ1v) is 20.5. The molecule has 4 nitrogen and oxygen atoms in total. The molecule has 60 heavy (non-hydrogen) atoms. The molecule has 12 rings (SSSR count). The number of rotatable bonds is 6. The summed E-state index contributed by atoms with van der Waals surface area (Å²) < 4.78 is 9.34. The van der Waals surface area contributed by atoms with Crippen molar-refractivity contribution in [3.8, 4) is 39.1 Å². The molecule has 11 aromatic rings. The molecule has 0 radical (unpaired) electrons. The zero-order valence-electron chi connectivity index (χ0n) is 32.6. The Bertz CT molecular complexity index is 3450. The molecule has 1 aliphatic heterocycles. The number of hydrogen-bond acceptors (Lipinski definition) is 3. The molecule has 4 heteroatoms. The Hall–Kier alpha value is -7.95. The quantitative estimate of drug-likeness (QED) is 0.183. The van der Waals surface area contributed by atoms with E-state index < -0.39 is 0 Å². The fraction of sp³-hybridized carbons (Fsp3) is 0.0179. The molecule has 0 saturated carbocycles. The standard InChI is InChI=1S/C56H37N3O/c1-4-14-36(15-5-1)39-26-28-40(29-27-39)54-43-20-10-11-23-48(43)57-56(58-54)45-22-13-25-52-53(45)44-21-12-24-51(55(44)60-52)59-49-32-30-41(37-16-6-2-7-17-37)34-46(49)47-35-42(31-33-50(47)59)38-18-8-3-9-19-38/h1-35,56,58H. The third-order valence-electron chi connectivity index (χ3n) is 12.1. The van der Waals surface area contributed by atoms with Crippen LogP contribution in [0.1, 0.15) is 17.3 Å². The first-order chi connectivity index (χ1) is 29.7. The average molecular weight is 768 g/mol. The molecule has 0 spiro atoms. The minimum atomic E-state index is -0.335. The molecule has 1 N–H and O–H groups in total. The maximum absolute atomic E-state index is 6.96. The smallest absolute Gasteiger partial charge is 0.159 e. The third-order valence-corrected chi connectivity index (χ3v) is 12.1. The summed E-state index contributed by atoms with van der Waals surface area (Å²) in [5.41, 5.74) is 15.3. The van der Waals surface area contributed by atoms with Crippen LogP contribution in [0.2, 0.25) is 0 Å². The number of hydrogen-bond donors (Lipinski definition) is 1. The Labute approximate surface area is 346 Å². The van der Waals surface area contributed by atoms with Crippen molar-refractivity contribution >= 4 is 49.4 Å². The van der Waals surface area contributed by atoms with Gasteiger partial charge in [-0.3, -0.25) is 4.99 Å². The number of nitrogens with zero attached hydrogens (tertiary/aromatic N) is 2. The van der Waals surface area contributed by atoms with E-state index in [0.717, 1.165) is 66.1 Å². The molecule has 2 aromatic heterocycles. The van der Waals surface area contributed by atoms with Gasteiger partial charge in [0.1, 0.15) is 11.7 Å². The summed E-state index contributed by atoms with van der Waals surface area (Å²) in [5, 5.41) is 10.4. The second-order valence-corrected chi connectivity index (χ2v) is 15.5. The average Bonchev–Trinajstić information content (AvgIpc) is 3.87. The Kier molecular flexibility index (Phi) is 7.88. The van der Waals surface area contributed by atoms with Gasteiger partial charge >= 0.3 is 0 Å². The SMILES string of the molecule is c1ccc(-c2ccc(C3=c4ccccc4=NC(c4cccc5oc6c(-n7c8ccc(-c9ccccc9)cc8c8cc(-c9ccccc9)ccc87)cccc6c45)N3)cc2)cc1. The zero-order valence-corrected chi connectivity index (χ0v) is 32.6. The highest BCUT2D eigenvalue weighted by Crippen LogP contribution is 2.42. The van der Waals surface area contributed by atoms with Gasteiger partial charge in [0.25, 0.3) is 0 Å². The summed E-state index contributed by atoms with van der Waals surface area (Å²) in [4.78, 5) is 5.33. The monoisotopic (exact) mass is 767 g/mol. The Morgan fingerprint density at radius 3 is 1.62 bits per heavy atom. The summed E-state index contributed by atoms with van der Waals surface area (Å²) in [7, 11) is 0. The van der Waals surface area contributed by atoms with Crippen molar-refractivity contribution in [1.29, 1.82) is 0 Å². The van der Waals surface area contributed by atoms with E-state index in [1.807, 2.05) is 0 Å². The van der Waals surface area contributed by atoms with Crippen LogP contribution in [0.15, 0.2) is 222 Å². The van der Waals surface area contributed by atoms with Gasteiger partial charge in [-0.05, 0) is 81.4 Å². The van der Waals surface area contributed by atoms with Crippen LogP contribution >= 0.6 is 0 Å². The maximum Gasteiger partial charge on any atom is 0.159 e. The van der Waals surface area contributed by atoms with Crippen LogP contribution < -0.4 is 15.9 Å². The summed E-state index contributed by atoms with van der Waals surface area (Å²) in [6.45, 7) is 0. The van der Waals surface area contributed by atoms with Crippen molar-refractivity contribution in [3.63, 3.8) is 0 Å². The maximum atomic E-state index is 6.96. The van der Waals surface area contributed by atoms with Crippen LogP contribution in [-0.4, -0.2) is 4.57 Å². The number of para-hydroxylation sites is 2. The summed E-state index contributed by atoms with van der Waals surface area (Å²) in [5.74, 6) is 0. The highest BCUT2D eigenvalue weighted by molar-refractivity contribution is 6.14. The molecule has 1 aliphatic rings. The van der Waals surface area contributed by atoms with E-state index in [1.54, 1.807) is 0 Å². The van der Waals surface area contributed by atoms with Gasteiger partial charge in [-0.25, -0.2) is 0 Å². The van der Waals surface area contributed by atoms with Gasteiger partial charge in [0.15, 0.2) is 5.58 Å². The van der Waals surface area contributed by atoms with Crippen molar-refractivity contribution < 1.29 is 4.42 Å². The highest BCUT2D eigenvalue weighted by atomic mass is 16.3. The minimum Gasteiger partial charge on any atom is -0.454 e. The predicted octanol–water partition coefficient (Wildman–Crippen LogP) is 12.8. The molecule has 282 valence electrons. The molecule has 0 saturated heterocycles. The van der Waals surface area contributed by atoms with E-state index in [0.29, 0.717) is 0 Å². The van der Waals surface area contributed by atoms with Crippen LogP contribution in [0.4, 0.5) is 0 Å². The van der Waals surface area contributed by atoms with Crippen molar-refractivity contribution in [3.05, 3.63) is 234 Å². The van der Waals surface area contributed by atoms with Crippen LogP contribution in [-0.2, 0) is 0 Å². The van der Waals surface area contributed by atoms with E-state index in [4.69, 9.17) is 9.41 Å². The van der Waals surface area contributed by atoms with E-state index in [9.17, 15) is 0 Å². The first-order valence-electron chi connectivity index (χ1n) is 20.5. The van der Waals surface area contributed by atoms with Crippen LogP contribution in [0.25, 0.3) is 88.5 Å². The molecule has 0 amide bonds. The number of fused-ring (bicyclic) bond motifs is 7.